The van der Waals surface area contributed by atoms with Crippen molar-refractivity contribution >= 4 is 28.3 Å². The maximum atomic E-state index is 13.5. The molecule has 1 aromatic rings. The number of fused-ring (bicyclic) bond motifs is 5. The molecule has 1 N–H and O–H groups in total. The van der Waals surface area contributed by atoms with E-state index >= 15 is 0 Å². The summed E-state index contributed by atoms with van der Waals surface area (Å²) in [4.78, 5) is 28.0. The van der Waals surface area contributed by atoms with Crippen LogP contribution in [0, 0.1) is 34.5 Å². The lowest BCUT2D eigenvalue weighted by Gasteiger charge is -2.59. The molecule has 1 saturated heterocycles. The van der Waals surface area contributed by atoms with Crippen LogP contribution in [0.15, 0.2) is 11.3 Å². The van der Waals surface area contributed by atoms with Gasteiger partial charge >= 0.3 is 0 Å². The summed E-state index contributed by atoms with van der Waals surface area (Å²) in [6.45, 7) is 13.4. The summed E-state index contributed by atoms with van der Waals surface area (Å²) < 4.78 is 0. The molecule has 5 rings (SSSR count). The van der Waals surface area contributed by atoms with Gasteiger partial charge in [-0.05, 0) is 68.6 Å². The van der Waals surface area contributed by atoms with Crippen molar-refractivity contribution in [1.82, 2.24) is 15.1 Å². The average molecular weight is 485 g/mol. The van der Waals surface area contributed by atoms with Crippen LogP contribution in [0.3, 0.4) is 0 Å². The fourth-order valence-corrected chi connectivity index (χ4v) is 9.11. The average Bonchev–Trinajstić information content (AvgIpc) is 3.35. The van der Waals surface area contributed by atoms with Crippen LogP contribution < -0.4 is 5.32 Å². The third kappa shape index (κ3) is 3.48. The number of carbonyl (C=O) groups is 2. The fraction of sp³-hybridized carbons (Fsp3) is 0.778. The van der Waals surface area contributed by atoms with Gasteiger partial charge in [-0.15, -0.1) is 10.2 Å². The molecular weight excluding hydrogens is 444 g/mol. The molecule has 6 atom stereocenters. The molecule has 34 heavy (non-hydrogen) atoms. The van der Waals surface area contributed by atoms with E-state index in [-0.39, 0.29) is 34.0 Å². The van der Waals surface area contributed by atoms with Gasteiger partial charge in [0, 0.05) is 35.9 Å². The smallest absolute Gasteiger partial charge is 0.229 e. The van der Waals surface area contributed by atoms with Crippen LogP contribution in [-0.4, -0.2) is 34.0 Å². The number of amides is 2. The predicted octanol–water partition coefficient (Wildman–Crippen LogP) is 5.77. The largest absolute Gasteiger partial charge is 0.319 e. The zero-order valence-electron chi connectivity index (χ0n) is 21.8. The molecule has 0 aromatic carbocycles. The lowest BCUT2D eigenvalue weighted by Crippen LogP contribution is -2.54. The van der Waals surface area contributed by atoms with Gasteiger partial charge in [-0.25, -0.2) is 0 Å². The van der Waals surface area contributed by atoms with E-state index in [1.165, 1.54) is 22.6 Å². The number of aromatic nitrogens is 2. The Bertz CT molecular complexity index is 1060. The SMILES string of the molecule is CC1=C2N(C)C(=O)CC[C@]2(C)[C@H]2CC[C@]3(C)[C@@H](C(=O)Nc4nnc(C(C)(C)C)s4)CC[C@H]3[C@@H]2C1. The lowest BCUT2D eigenvalue weighted by atomic mass is 9.48. The Morgan fingerprint density at radius 2 is 1.85 bits per heavy atom. The zero-order valence-corrected chi connectivity index (χ0v) is 22.6. The maximum Gasteiger partial charge on any atom is 0.229 e. The fourth-order valence-electron chi connectivity index (χ4n) is 8.31. The van der Waals surface area contributed by atoms with Gasteiger partial charge in [-0.2, -0.15) is 0 Å². The molecule has 0 bridgehead atoms. The summed E-state index contributed by atoms with van der Waals surface area (Å²) in [5.74, 6) is 2.15. The molecule has 3 aliphatic carbocycles. The van der Waals surface area contributed by atoms with E-state index in [2.05, 4.69) is 57.1 Å². The van der Waals surface area contributed by atoms with Crippen molar-refractivity contribution in [3.05, 3.63) is 16.3 Å². The number of hydrogen-bond acceptors (Lipinski definition) is 5. The first kappa shape index (κ1) is 24.0. The number of piperidine rings is 1. The van der Waals surface area contributed by atoms with Crippen LogP contribution in [0.4, 0.5) is 5.13 Å². The molecule has 2 amide bonds. The highest BCUT2D eigenvalue weighted by atomic mass is 32.1. The van der Waals surface area contributed by atoms with Gasteiger partial charge in [0.1, 0.15) is 5.01 Å². The minimum Gasteiger partial charge on any atom is -0.319 e. The van der Waals surface area contributed by atoms with Gasteiger partial charge in [0.25, 0.3) is 0 Å². The lowest BCUT2D eigenvalue weighted by molar-refractivity contribution is -0.137. The van der Waals surface area contributed by atoms with E-state index in [0.717, 1.165) is 43.5 Å². The second-order valence-electron chi connectivity index (χ2n) is 12.9. The Kier molecular flexibility index (Phi) is 5.55. The zero-order chi connectivity index (χ0) is 24.6. The van der Waals surface area contributed by atoms with Gasteiger partial charge < -0.3 is 10.2 Å². The van der Waals surface area contributed by atoms with Gasteiger partial charge in [0.2, 0.25) is 16.9 Å². The minimum atomic E-state index is -0.0669. The van der Waals surface area contributed by atoms with Gasteiger partial charge in [-0.1, -0.05) is 51.5 Å². The number of allylic oxidation sites excluding steroid dienone is 2. The monoisotopic (exact) mass is 484 g/mol. The summed E-state index contributed by atoms with van der Waals surface area (Å²) >= 11 is 1.49. The first-order valence-corrected chi connectivity index (χ1v) is 13.8. The third-order valence-corrected chi connectivity index (χ3v) is 11.2. The summed E-state index contributed by atoms with van der Waals surface area (Å²) in [6, 6.07) is 0. The number of carbonyl (C=O) groups excluding carboxylic acids is 2. The molecule has 186 valence electrons. The molecule has 6 nitrogen and oxygen atoms in total. The van der Waals surface area contributed by atoms with Crippen molar-refractivity contribution in [3.8, 4) is 0 Å². The van der Waals surface area contributed by atoms with E-state index in [0.29, 0.717) is 29.3 Å². The number of rotatable bonds is 2. The first-order chi connectivity index (χ1) is 15.9. The van der Waals surface area contributed by atoms with Crippen LogP contribution in [0.5, 0.6) is 0 Å². The Labute approximate surface area is 208 Å². The third-order valence-electron chi connectivity index (χ3n) is 9.92. The van der Waals surface area contributed by atoms with Crippen molar-refractivity contribution in [2.24, 2.45) is 34.5 Å². The minimum absolute atomic E-state index is 0.0212. The number of hydrogen-bond donors (Lipinski definition) is 1. The molecule has 2 saturated carbocycles. The van der Waals surface area contributed by atoms with Crippen LogP contribution in [-0.2, 0) is 15.0 Å². The maximum absolute atomic E-state index is 13.5. The normalized spacial score (nSPS) is 37.9. The van der Waals surface area contributed by atoms with Gasteiger partial charge in [0.05, 0.1) is 0 Å². The molecule has 0 radical (unpaired) electrons. The first-order valence-electron chi connectivity index (χ1n) is 13.0. The van der Waals surface area contributed by atoms with Crippen molar-refractivity contribution in [2.45, 2.75) is 91.9 Å². The molecule has 2 heterocycles. The Morgan fingerprint density at radius 3 is 2.53 bits per heavy atom. The van der Waals surface area contributed by atoms with Crippen LogP contribution in [0.2, 0.25) is 0 Å². The van der Waals surface area contributed by atoms with E-state index in [4.69, 9.17) is 0 Å². The molecule has 4 aliphatic rings. The summed E-state index contributed by atoms with van der Waals surface area (Å²) in [5, 5.41) is 13.3. The Balaban J connectivity index is 1.38. The second-order valence-corrected chi connectivity index (χ2v) is 13.9. The number of nitrogens with zero attached hydrogens (tertiary/aromatic N) is 3. The highest BCUT2D eigenvalue weighted by Crippen LogP contribution is 2.66. The predicted molar refractivity (Wildman–Crippen MR) is 135 cm³/mol. The van der Waals surface area contributed by atoms with Crippen molar-refractivity contribution < 1.29 is 9.59 Å². The van der Waals surface area contributed by atoms with Crippen molar-refractivity contribution in [3.63, 3.8) is 0 Å². The Hall–Kier alpha value is -1.76. The molecule has 0 unspecified atom stereocenters. The van der Waals surface area contributed by atoms with E-state index in [1.807, 2.05) is 11.9 Å². The second kappa shape index (κ2) is 7.87. The molecule has 1 aromatic heterocycles. The van der Waals surface area contributed by atoms with Gasteiger partial charge in [0.15, 0.2) is 0 Å². The Morgan fingerprint density at radius 1 is 1.12 bits per heavy atom. The molecule has 3 fully saturated rings. The molecule has 7 heteroatoms. The van der Waals surface area contributed by atoms with Crippen LogP contribution in [0.1, 0.15) is 91.5 Å². The number of likely N-dealkylation sites (tertiary alicyclic amines) is 1. The van der Waals surface area contributed by atoms with E-state index < -0.39 is 0 Å². The van der Waals surface area contributed by atoms with Crippen molar-refractivity contribution in [2.75, 3.05) is 12.4 Å². The highest BCUT2D eigenvalue weighted by Gasteiger charge is 2.61. The topological polar surface area (TPSA) is 75.2 Å². The summed E-state index contributed by atoms with van der Waals surface area (Å²) in [7, 11) is 1.97. The molecule has 1 aliphatic heterocycles. The quantitative estimate of drug-likeness (QED) is 0.578. The van der Waals surface area contributed by atoms with Crippen LogP contribution in [0.25, 0.3) is 0 Å². The molecule has 0 spiro atoms. The standard InChI is InChI=1S/C27H40N4O2S/c1-15-14-16-17-8-9-19(22(33)28-24-30-29-23(34-24)25(2,3)4)26(17,5)12-10-18(16)27(6)13-11-20(32)31(7)21(15)27/h16-19H,8-14H2,1-7H3,(H,28,30,33)/t16-,17-,18-,19+,26-,27+/m0/s1. The molecular formula is C27H40N4O2S. The summed E-state index contributed by atoms with van der Waals surface area (Å²) in [6.07, 6.45) is 6.97. The van der Waals surface area contributed by atoms with Gasteiger partial charge in [-0.3, -0.25) is 9.59 Å². The van der Waals surface area contributed by atoms with E-state index in [9.17, 15) is 9.59 Å². The number of nitrogens with one attached hydrogen (secondary N) is 1. The number of anilines is 1. The summed E-state index contributed by atoms with van der Waals surface area (Å²) in [5.41, 5.74) is 2.72. The van der Waals surface area contributed by atoms with Crippen molar-refractivity contribution in [1.29, 1.82) is 0 Å². The highest BCUT2D eigenvalue weighted by molar-refractivity contribution is 7.15. The van der Waals surface area contributed by atoms with E-state index in [1.54, 1.807) is 0 Å². The van der Waals surface area contributed by atoms with Crippen LogP contribution >= 0.6 is 11.3 Å².